The van der Waals surface area contributed by atoms with Crippen LogP contribution in [0.15, 0.2) is 29.0 Å². The van der Waals surface area contributed by atoms with Crippen molar-refractivity contribution in [3.05, 3.63) is 34.6 Å². The molecule has 1 aromatic carbocycles. The standard InChI is InChI=1S/C14H16BrN3O2/c1-3-6-19-13-12(16)14(18-8-17-13)20-10-4-5-11(15)9(2)7-10/h4-5,7-8H,3,6,16H2,1-2H3. The molecule has 2 aromatic rings. The van der Waals surface area contributed by atoms with Crippen molar-refractivity contribution in [2.24, 2.45) is 0 Å². The second kappa shape index (κ2) is 6.56. The van der Waals surface area contributed by atoms with Gasteiger partial charge in [0.25, 0.3) is 0 Å². The van der Waals surface area contributed by atoms with E-state index in [1.165, 1.54) is 6.33 Å². The zero-order valence-electron chi connectivity index (χ0n) is 11.4. The molecule has 0 spiro atoms. The van der Waals surface area contributed by atoms with Crippen LogP contribution in [-0.4, -0.2) is 16.6 Å². The highest BCUT2D eigenvalue weighted by atomic mass is 79.9. The molecule has 0 unspecified atom stereocenters. The number of nitrogens with zero attached hydrogens (tertiary/aromatic N) is 2. The van der Waals surface area contributed by atoms with Crippen LogP contribution in [-0.2, 0) is 0 Å². The Morgan fingerprint density at radius 3 is 2.70 bits per heavy atom. The highest BCUT2D eigenvalue weighted by Gasteiger charge is 2.11. The molecule has 5 nitrogen and oxygen atoms in total. The van der Waals surface area contributed by atoms with E-state index in [-0.39, 0.29) is 0 Å². The topological polar surface area (TPSA) is 70.3 Å². The number of nitrogen functional groups attached to an aromatic ring is 1. The number of anilines is 1. The van der Waals surface area contributed by atoms with Crippen LogP contribution in [0.3, 0.4) is 0 Å². The van der Waals surface area contributed by atoms with Crippen LogP contribution in [0.25, 0.3) is 0 Å². The number of ether oxygens (including phenoxy) is 2. The number of aromatic nitrogens is 2. The van der Waals surface area contributed by atoms with E-state index in [1.807, 2.05) is 32.0 Å². The van der Waals surface area contributed by atoms with E-state index in [0.717, 1.165) is 16.5 Å². The fourth-order valence-corrected chi connectivity index (χ4v) is 1.80. The third-order valence-electron chi connectivity index (χ3n) is 2.60. The number of halogens is 1. The van der Waals surface area contributed by atoms with Crippen LogP contribution in [0.1, 0.15) is 18.9 Å². The Labute approximate surface area is 126 Å². The third-order valence-corrected chi connectivity index (χ3v) is 3.49. The molecule has 1 aromatic heterocycles. The van der Waals surface area contributed by atoms with Gasteiger partial charge in [-0.05, 0) is 37.1 Å². The summed E-state index contributed by atoms with van der Waals surface area (Å²) >= 11 is 3.44. The molecule has 0 saturated carbocycles. The van der Waals surface area contributed by atoms with Crippen molar-refractivity contribution < 1.29 is 9.47 Å². The van der Waals surface area contributed by atoms with Gasteiger partial charge in [-0.1, -0.05) is 22.9 Å². The van der Waals surface area contributed by atoms with Gasteiger partial charge in [0.1, 0.15) is 12.1 Å². The lowest BCUT2D eigenvalue weighted by Crippen LogP contribution is -2.04. The normalized spacial score (nSPS) is 10.3. The predicted molar refractivity (Wildman–Crippen MR) is 81.2 cm³/mol. The summed E-state index contributed by atoms with van der Waals surface area (Å²) in [5.74, 6) is 1.32. The average molecular weight is 338 g/mol. The molecule has 0 bridgehead atoms. The minimum atomic E-state index is 0.299. The maximum Gasteiger partial charge on any atom is 0.249 e. The van der Waals surface area contributed by atoms with Crippen LogP contribution in [0.2, 0.25) is 0 Å². The van der Waals surface area contributed by atoms with Crippen LogP contribution in [0.4, 0.5) is 5.69 Å². The third kappa shape index (κ3) is 3.39. The second-order valence-corrected chi connectivity index (χ2v) is 5.11. The summed E-state index contributed by atoms with van der Waals surface area (Å²) in [6.07, 6.45) is 2.26. The van der Waals surface area contributed by atoms with Gasteiger partial charge < -0.3 is 15.2 Å². The lowest BCUT2D eigenvalue weighted by Gasteiger charge is -2.11. The second-order valence-electron chi connectivity index (χ2n) is 4.26. The van der Waals surface area contributed by atoms with E-state index in [0.29, 0.717) is 29.8 Å². The highest BCUT2D eigenvalue weighted by molar-refractivity contribution is 9.10. The summed E-state index contributed by atoms with van der Waals surface area (Å²) in [5, 5.41) is 0. The monoisotopic (exact) mass is 337 g/mol. The molecule has 1 heterocycles. The van der Waals surface area contributed by atoms with Gasteiger partial charge in [-0.2, -0.15) is 9.97 Å². The molecule has 0 radical (unpaired) electrons. The van der Waals surface area contributed by atoms with Crippen molar-refractivity contribution in [2.75, 3.05) is 12.3 Å². The Morgan fingerprint density at radius 1 is 1.25 bits per heavy atom. The first-order chi connectivity index (χ1) is 9.61. The molecule has 20 heavy (non-hydrogen) atoms. The Kier molecular flexibility index (Phi) is 4.79. The molecule has 6 heteroatoms. The Morgan fingerprint density at radius 2 is 2.00 bits per heavy atom. The molecule has 0 saturated heterocycles. The zero-order chi connectivity index (χ0) is 14.5. The first-order valence-electron chi connectivity index (χ1n) is 6.29. The summed E-state index contributed by atoms with van der Waals surface area (Å²) in [7, 11) is 0. The van der Waals surface area contributed by atoms with Gasteiger partial charge in [0, 0.05) is 4.47 Å². The van der Waals surface area contributed by atoms with Gasteiger partial charge in [-0.3, -0.25) is 0 Å². The van der Waals surface area contributed by atoms with Gasteiger partial charge >= 0.3 is 0 Å². The van der Waals surface area contributed by atoms with Gasteiger partial charge in [0.15, 0.2) is 5.69 Å². The number of aryl methyl sites for hydroxylation is 1. The number of nitrogens with two attached hydrogens (primary N) is 1. The van der Waals surface area contributed by atoms with Crippen molar-refractivity contribution >= 4 is 21.6 Å². The molecule has 0 aliphatic rings. The minimum Gasteiger partial charge on any atom is -0.476 e. The van der Waals surface area contributed by atoms with Crippen LogP contribution in [0.5, 0.6) is 17.5 Å². The van der Waals surface area contributed by atoms with Crippen LogP contribution >= 0.6 is 15.9 Å². The van der Waals surface area contributed by atoms with Crippen molar-refractivity contribution in [1.29, 1.82) is 0 Å². The summed E-state index contributed by atoms with van der Waals surface area (Å²) in [6, 6.07) is 5.65. The number of hydrogen-bond acceptors (Lipinski definition) is 5. The quantitative estimate of drug-likeness (QED) is 0.900. The predicted octanol–water partition coefficient (Wildman–Crippen LogP) is 3.71. The lowest BCUT2D eigenvalue weighted by atomic mass is 10.2. The Balaban J connectivity index is 2.22. The molecule has 0 aliphatic carbocycles. The van der Waals surface area contributed by atoms with Crippen LogP contribution in [0, 0.1) is 6.92 Å². The van der Waals surface area contributed by atoms with Gasteiger partial charge in [0.05, 0.1) is 6.61 Å². The molecule has 106 valence electrons. The first kappa shape index (κ1) is 14.6. The lowest BCUT2D eigenvalue weighted by molar-refractivity contribution is 0.304. The SMILES string of the molecule is CCCOc1ncnc(Oc2ccc(Br)c(C)c2)c1N. The van der Waals surface area contributed by atoms with Crippen molar-refractivity contribution in [3.8, 4) is 17.5 Å². The summed E-state index contributed by atoms with van der Waals surface area (Å²) in [6.45, 7) is 4.55. The van der Waals surface area contributed by atoms with Gasteiger partial charge in [-0.25, -0.2) is 0 Å². The van der Waals surface area contributed by atoms with E-state index in [4.69, 9.17) is 15.2 Å². The van der Waals surface area contributed by atoms with Crippen molar-refractivity contribution in [1.82, 2.24) is 9.97 Å². The van der Waals surface area contributed by atoms with Crippen molar-refractivity contribution in [3.63, 3.8) is 0 Å². The van der Waals surface area contributed by atoms with E-state index >= 15 is 0 Å². The maximum atomic E-state index is 5.96. The highest BCUT2D eigenvalue weighted by Crippen LogP contribution is 2.32. The summed E-state index contributed by atoms with van der Waals surface area (Å²) in [4.78, 5) is 8.05. The molecule has 2 N–H and O–H groups in total. The number of hydrogen-bond donors (Lipinski definition) is 1. The van der Waals surface area contributed by atoms with E-state index < -0.39 is 0 Å². The average Bonchev–Trinajstić information content (AvgIpc) is 2.44. The zero-order valence-corrected chi connectivity index (χ0v) is 13.0. The molecule has 0 amide bonds. The Hall–Kier alpha value is -1.82. The molecule has 0 fully saturated rings. The summed E-state index contributed by atoms with van der Waals surface area (Å²) in [5.41, 5.74) is 7.33. The molecular weight excluding hydrogens is 322 g/mol. The van der Waals surface area contributed by atoms with Crippen LogP contribution < -0.4 is 15.2 Å². The molecular formula is C14H16BrN3O2. The Bertz CT molecular complexity index is 605. The van der Waals surface area contributed by atoms with Crippen molar-refractivity contribution in [2.45, 2.75) is 20.3 Å². The molecule has 0 atom stereocenters. The fraction of sp³-hybridized carbons (Fsp3) is 0.286. The smallest absolute Gasteiger partial charge is 0.249 e. The minimum absolute atomic E-state index is 0.299. The largest absolute Gasteiger partial charge is 0.476 e. The fourth-order valence-electron chi connectivity index (χ4n) is 1.55. The molecule has 0 aliphatic heterocycles. The summed E-state index contributed by atoms with van der Waals surface area (Å²) < 4.78 is 12.2. The van der Waals surface area contributed by atoms with Gasteiger partial charge in [0.2, 0.25) is 11.8 Å². The maximum absolute atomic E-state index is 5.96. The van der Waals surface area contributed by atoms with E-state index in [1.54, 1.807) is 0 Å². The van der Waals surface area contributed by atoms with Gasteiger partial charge in [-0.15, -0.1) is 0 Å². The first-order valence-corrected chi connectivity index (χ1v) is 7.08. The van der Waals surface area contributed by atoms with E-state index in [9.17, 15) is 0 Å². The van der Waals surface area contributed by atoms with E-state index in [2.05, 4.69) is 25.9 Å². The molecule has 2 rings (SSSR count). The number of rotatable bonds is 5. The number of benzene rings is 1.